The number of halogens is 3. The first kappa shape index (κ1) is 28.1. The predicted octanol–water partition coefficient (Wildman–Crippen LogP) is 5.62. The maximum absolute atomic E-state index is 12.8. The van der Waals surface area contributed by atoms with E-state index in [-0.39, 0.29) is 34.8 Å². The average Bonchev–Trinajstić information content (AvgIpc) is 3.55. The molecule has 39 heavy (non-hydrogen) atoms. The molecule has 0 spiro atoms. The maximum atomic E-state index is 12.8. The van der Waals surface area contributed by atoms with Crippen LogP contribution in [0.2, 0.25) is 0 Å². The Labute approximate surface area is 229 Å². The number of carbonyl (C=O) groups is 2. The van der Waals surface area contributed by atoms with Gasteiger partial charge in [0.25, 0.3) is 11.8 Å². The van der Waals surface area contributed by atoms with Crippen LogP contribution in [0.1, 0.15) is 44.3 Å². The summed E-state index contributed by atoms with van der Waals surface area (Å²) in [5.41, 5.74) is 3.46. The largest absolute Gasteiger partial charge is 0.506 e. The molecule has 1 aliphatic rings. The molecule has 3 heterocycles. The number of amides is 2. The topological polar surface area (TPSA) is 114 Å². The summed E-state index contributed by atoms with van der Waals surface area (Å²) in [7, 11) is 0. The standard InChI is InChI=1S/C26H23F3N4O4S2/c1-14-11-16(9-10-33(14)37)12-30-24(35)20-7-8-21(39-20)25(36)32-31-15(2)19-13-38-23(22(19)34)17-3-5-18(6-4-17)26(27,28)29/h3-11,13-14,34,37H,12H2,1-2H3,(H,30,35)(H,32,36)/b31-15+. The smallest absolute Gasteiger partial charge is 0.416 e. The zero-order chi connectivity index (χ0) is 28.3. The lowest BCUT2D eigenvalue weighted by Gasteiger charge is -2.22. The van der Waals surface area contributed by atoms with Gasteiger partial charge in [-0.3, -0.25) is 19.9 Å². The summed E-state index contributed by atoms with van der Waals surface area (Å²) in [4.78, 5) is 26.0. The number of hydrazone groups is 1. The number of alkyl halides is 3. The summed E-state index contributed by atoms with van der Waals surface area (Å²) in [6, 6.07) is 7.26. The molecule has 13 heteroatoms. The molecule has 1 atom stereocenters. The highest BCUT2D eigenvalue weighted by Crippen LogP contribution is 2.40. The Hall–Kier alpha value is -3.94. The van der Waals surface area contributed by atoms with Crippen molar-refractivity contribution in [1.29, 1.82) is 0 Å². The molecule has 1 aromatic carbocycles. The fourth-order valence-corrected chi connectivity index (χ4v) is 5.42. The SMILES string of the molecule is C/C(=N\NC(=O)c1ccc(C(=O)NCC2=CC(C)N(O)C=C2)s1)c1csc(-c2ccc(C(F)(F)F)cc2)c1O. The molecule has 3 aromatic rings. The molecule has 0 radical (unpaired) electrons. The van der Waals surface area contributed by atoms with Gasteiger partial charge >= 0.3 is 6.18 Å². The number of nitrogens with zero attached hydrogens (tertiary/aromatic N) is 2. The van der Waals surface area contributed by atoms with E-state index in [9.17, 15) is 33.1 Å². The Bertz CT molecular complexity index is 1470. The highest BCUT2D eigenvalue weighted by molar-refractivity contribution is 7.16. The predicted molar refractivity (Wildman–Crippen MR) is 143 cm³/mol. The van der Waals surface area contributed by atoms with Crippen LogP contribution < -0.4 is 10.7 Å². The molecule has 0 saturated carbocycles. The lowest BCUT2D eigenvalue weighted by molar-refractivity contribution is -0.137. The van der Waals surface area contributed by atoms with Crippen molar-refractivity contribution in [3.63, 3.8) is 0 Å². The number of nitrogens with one attached hydrogen (secondary N) is 2. The molecule has 204 valence electrons. The van der Waals surface area contributed by atoms with Crippen molar-refractivity contribution >= 4 is 40.2 Å². The third-order valence-electron chi connectivity index (χ3n) is 5.77. The molecule has 1 unspecified atom stereocenters. The van der Waals surface area contributed by atoms with E-state index in [1.54, 1.807) is 25.3 Å². The summed E-state index contributed by atoms with van der Waals surface area (Å²) < 4.78 is 38.5. The van der Waals surface area contributed by atoms with Crippen LogP contribution in [0.25, 0.3) is 10.4 Å². The molecule has 0 saturated heterocycles. The van der Waals surface area contributed by atoms with Gasteiger partial charge in [-0.1, -0.05) is 18.2 Å². The Morgan fingerprint density at radius 3 is 2.41 bits per heavy atom. The van der Waals surface area contributed by atoms with Gasteiger partial charge in [0, 0.05) is 18.1 Å². The minimum absolute atomic E-state index is 0.158. The van der Waals surface area contributed by atoms with Crippen molar-refractivity contribution in [3.8, 4) is 16.2 Å². The Balaban J connectivity index is 1.37. The Morgan fingerprint density at radius 2 is 1.77 bits per heavy atom. The van der Waals surface area contributed by atoms with E-state index in [4.69, 9.17) is 0 Å². The van der Waals surface area contributed by atoms with Crippen LogP contribution in [0.5, 0.6) is 5.75 Å². The molecule has 0 fully saturated rings. The molecule has 4 N–H and O–H groups in total. The third kappa shape index (κ3) is 6.56. The van der Waals surface area contributed by atoms with Gasteiger partial charge in [0.15, 0.2) is 0 Å². The summed E-state index contributed by atoms with van der Waals surface area (Å²) in [5, 5.41) is 29.6. The van der Waals surface area contributed by atoms with Crippen molar-refractivity contribution in [2.75, 3.05) is 6.54 Å². The second kappa shape index (κ2) is 11.4. The van der Waals surface area contributed by atoms with E-state index in [2.05, 4.69) is 15.8 Å². The van der Waals surface area contributed by atoms with Crippen LogP contribution in [0.3, 0.4) is 0 Å². The number of hydrogen-bond acceptors (Lipinski definition) is 8. The molecule has 2 amide bonds. The minimum Gasteiger partial charge on any atom is -0.506 e. The van der Waals surface area contributed by atoms with Crippen LogP contribution in [-0.4, -0.2) is 45.5 Å². The van der Waals surface area contributed by atoms with Crippen LogP contribution >= 0.6 is 22.7 Å². The molecular formula is C26H23F3N4O4S2. The molecule has 1 aliphatic heterocycles. The number of aromatic hydroxyl groups is 1. The molecule has 2 aromatic heterocycles. The second-order valence-corrected chi connectivity index (χ2v) is 10.5. The molecule has 8 nitrogen and oxygen atoms in total. The highest BCUT2D eigenvalue weighted by Gasteiger charge is 2.30. The quantitative estimate of drug-likeness (QED) is 0.215. The van der Waals surface area contributed by atoms with Gasteiger partial charge in [0.1, 0.15) is 5.75 Å². The first-order valence-electron chi connectivity index (χ1n) is 11.5. The van der Waals surface area contributed by atoms with Gasteiger partial charge < -0.3 is 10.4 Å². The molecular weight excluding hydrogens is 553 g/mol. The van der Waals surface area contributed by atoms with E-state index in [0.717, 1.165) is 45.4 Å². The zero-order valence-electron chi connectivity index (χ0n) is 20.6. The number of hydrogen-bond donors (Lipinski definition) is 4. The fraction of sp³-hybridized carbons (Fsp3) is 0.192. The lowest BCUT2D eigenvalue weighted by Crippen LogP contribution is -2.29. The van der Waals surface area contributed by atoms with Gasteiger partial charge in [-0.2, -0.15) is 18.3 Å². The number of hydroxylamine groups is 2. The third-order valence-corrected chi connectivity index (χ3v) is 7.88. The second-order valence-electron chi connectivity index (χ2n) is 8.56. The van der Waals surface area contributed by atoms with Crippen molar-refractivity contribution < 1.29 is 33.1 Å². The van der Waals surface area contributed by atoms with E-state index >= 15 is 0 Å². The number of carbonyl (C=O) groups excluding carboxylic acids is 2. The van der Waals surface area contributed by atoms with Gasteiger partial charge in [-0.25, -0.2) is 5.43 Å². The molecule has 0 aliphatic carbocycles. The average molecular weight is 577 g/mol. The molecule has 4 rings (SSSR count). The summed E-state index contributed by atoms with van der Waals surface area (Å²) >= 11 is 2.12. The first-order valence-corrected chi connectivity index (χ1v) is 13.2. The Morgan fingerprint density at radius 1 is 1.10 bits per heavy atom. The summed E-state index contributed by atoms with van der Waals surface area (Å²) in [6.45, 7) is 3.63. The number of rotatable bonds is 7. The highest BCUT2D eigenvalue weighted by atomic mass is 32.1. The Kier molecular flexibility index (Phi) is 8.23. The van der Waals surface area contributed by atoms with Gasteiger partial charge in [-0.15, -0.1) is 22.7 Å². The molecule has 0 bridgehead atoms. The van der Waals surface area contributed by atoms with Crippen LogP contribution in [0.4, 0.5) is 13.2 Å². The van der Waals surface area contributed by atoms with Crippen molar-refractivity contribution in [2.24, 2.45) is 5.10 Å². The van der Waals surface area contributed by atoms with Crippen molar-refractivity contribution in [1.82, 2.24) is 15.8 Å². The maximum Gasteiger partial charge on any atom is 0.416 e. The van der Waals surface area contributed by atoms with Gasteiger partial charge in [0.05, 0.1) is 37.5 Å². The number of benzene rings is 1. The summed E-state index contributed by atoms with van der Waals surface area (Å²) in [6.07, 6.45) is 0.549. The fourth-order valence-electron chi connectivity index (χ4n) is 3.59. The van der Waals surface area contributed by atoms with Gasteiger partial charge in [-0.05, 0) is 55.3 Å². The zero-order valence-corrected chi connectivity index (χ0v) is 22.2. The van der Waals surface area contributed by atoms with Crippen LogP contribution in [0, 0.1) is 0 Å². The van der Waals surface area contributed by atoms with E-state index in [0.29, 0.717) is 20.9 Å². The van der Waals surface area contributed by atoms with Gasteiger partial charge in [0.2, 0.25) is 0 Å². The van der Waals surface area contributed by atoms with Crippen LogP contribution in [0.15, 0.2) is 70.8 Å². The lowest BCUT2D eigenvalue weighted by atomic mass is 10.1. The van der Waals surface area contributed by atoms with Crippen LogP contribution in [-0.2, 0) is 6.18 Å². The van der Waals surface area contributed by atoms with E-state index < -0.39 is 17.6 Å². The monoisotopic (exact) mass is 576 g/mol. The van der Waals surface area contributed by atoms with Crippen molar-refractivity contribution in [2.45, 2.75) is 26.1 Å². The normalized spacial score (nSPS) is 15.7. The van der Waals surface area contributed by atoms with E-state index in [1.165, 1.54) is 30.5 Å². The minimum atomic E-state index is -4.46. The van der Waals surface area contributed by atoms with Crippen molar-refractivity contribution in [3.05, 3.63) is 86.6 Å². The first-order chi connectivity index (χ1) is 18.4. The summed E-state index contributed by atoms with van der Waals surface area (Å²) in [5.74, 6) is -1.06. The number of thiophene rings is 2. The van der Waals surface area contributed by atoms with E-state index in [1.807, 2.05) is 6.08 Å².